The number of nitrogens with zero attached hydrogens (tertiary/aromatic N) is 2. The van der Waals surface area contributed by atoms with Crippen LogP contribution in [0.15, 0.2) is 218 Å². The standard InChI is InChI=1S/C52H38N2/c1-2-14-37(15-3-1)38-28-32-42(33-29-38)53(50-25-9-6-21-47(50)46-24-13-17-40-16-4-5-20-45(40)46)43-34-30-39(31-35-43)41-18-12-19-44(36-41)54-51-26-10-7-22-48(51)49-23-8-11-27-52(49)54/h1-36,48,51H. The Morgan fingerprint density at radius 2 is 1.02 bits per heavy atom. The molecule has 8 aromatic carbocycles. The molecule has 2 nitrogen and oxygen atoms in total. The van der Waals surface area contributed by atoms with Crippen LogP contribution in [-0.4, -0.2) is 6.04 Å². The Kier molecular flexibility index (Phi) is 8.00. The molecule has 0 N–H and O–H groups in total. The zero-order valence-electron chi connectivity index (χ0n) is 29.8. The quantitative estimate of drug-likeness (QED) is 0.164. The van der Waals surface area contributed by atoms with Crippen molar-refractivity contribution in [3.63, 3.8) is 0 Å². The molecule has 54 heavy (non-hydrogen) atoms. The summed E-state index contributed by atoms with van der Waals surface area (Å²) in [5, 5.41) is 2.48. The number of para-hydroxylation sites is 2. The van der Waals surface area contributed by atoms with E-state index in [0.717, 1.165) is 17.1 Å². The van der Waals surface area contributed by atoms with Gasteiger partial charge in [0.15, 0.2) is 0 Å². The van der Waals surface area contributed by atoms with E-state index in [1.165, 1.54) is 61.1 Å². The van der Waals surface area contributed by atoms with Crippen LogP contribution < -0.4 is 9.80 Å². The molecule has 10 rings (SSSR count). The van der Waals surface area contributed by atoms with E-state index >= 15 is 0 Å². The van der Waals surface area contributed by atoms with Gasteiger partial charge in [0.1, 0.15) is 0 Å². The third-order valence-corrected chi connectivity index (χ3v) is 11.0. The lowest BCUT2D eigenvalue weighted by Crippen LogP contribution is -2.28. The maximum absolute atomic E-state index is 2.50. The first kappa shape index (κ1) is 31.8. The fraction of sp³-hybridized carbons (Fsp3) is 0.0385. The van der Waals surface area contributed by atoms with Gasteiger partial charge in [-0.05, 0) is 92.7 Å². The second-order valence-corrected chi connectivity index (χ2v) is 14.1. The first-order valence-corrected chi connectivity index (χ1v) is 18.8. The molecule has 0 radical (unpaired) electrons. The summed E-state index contributed by atoms with van der Waals surface area (Å²) in [6.45, 7) is 0. The summed E-state index contributed by atoms with van der Waals surface area (Å²) in [6, 6.07) is 70.8. The molecule has 0 amide bonds. The van der Waals surface area contributed by atoms with Crippen LogP contribution in [0, 0.1) is 0 Å². The van der Waals surface area contributed by atoms with E-state index < -0.39 is 0 Å². The molecule has 0 aromatic heterocycles. The Hall–Kier alpha value is -6.90. The fourth-order valence-electron chi connectivity index (χ4n) is 8.45. The van der Waals surface area contributed by atoms with Crippen LogP contribution in [0.25, 0.3) is 44.2 Å². The van der Waals surface area contributed by atoms with Crippen LogP contribution in [0.1, 0.15) is 11.5 Å². The maximum atomic E-state index is 2.50. The largest absolute Gasteiger partial charge is 0.333 e. The number of rotatable bonds is 7. The first-order chi connectivity index (χ1) is 26.8. The average Bonchev–Trinajstić information content (AvgIpc) is 3.59. The molecular formula is C52H38N2. The summed E-state index contributed by atoms with van der Waals surface area (Å²) in [5.74, 6) is 0.360. The van der Waals surface area contributed by atoms with Gasteiger partial charge >= 0.3 is 0 Å². The minimum atomic E-state index is 0.272. The molecule has 0 bridgehead atoms. The van der Waals surface area contributed by atoms with E-state index in [1.807, 2.05) is 0 Å². The molecule has 0 saturated carbocycles. The molecule has 8 aromatic rings. The van der Waals surface area contributed by atoms with Crippen LogP contribution in [-0.2, 0) is 0 Å². The monoisotopic (exact) mass is 690 g/mol. The molecule has 1 aliphatic heterocycles. The van der Waals surface area contributed by atoms with Crippen LogP contribution in [0.3, 0.4) is 0 Å². The molecule has 0 fully saturated rings. The van der Waals surface area contributed by atoms with Gasteiger partial charge < -0.3 is 9.80 Å². The third kappa shape index (κ3) is 5.60. The predicted octanol–water partition coefficient (Wildman–Crippen LogP) is 14.0. The van der Waals surface area contributed by atoms with Crippen LogP contribution >= 0.6 is 0 Å². The zero-order valence-corrected chi connectivity index (χ0v) is 29.8. The number of allylic oxidation sites excluding steroid dienone is 2. The Morgan fingerprint density at radius 1 is 0.426 bits per heavy atom. The van der Waals surface area contributed by atoms with E-state index in [0.29, 0.717) is 5.92 Å². The smallest absolute Gasteiger partial charge is 0.0629 e. The summed E-state index contributed by atoms with van der Waals surface area (Å²) in [4.78, 5) is 4.90. The Balaban J connectivity index is 1.06. The second kappa shape index (κ2) is 13.6. The van der Waals surface area contributed by atoms with E-state index in [1.54, 1.807) is 0 Å². The highest BCUT2D eigenvalue weighted by Crippen LogP contribution is 2.48. The number of hydrogen-bond acceptors (Lipinski definition) is 2. The maximum Gasteiger partial charge on any atom is 0.0629 e. The first-order valence-electron chi connectivity index (χ1n) is 18.8. The van der Waals surface area contributed by atoms with Crippen molar-refractivity contribution < 1.29 is 0 Å². The van der Waals surface area contributed by atoms with Gasteiger partial charge in [-0.3, -0.25) is 0 Å². The summed E-state index contributed by atoms with van der Waals surface area (Å²) in [5.41, 5.74) is 14.4. The number of benzene rings is 8. The lowest BCUT2D eigenvalue weighted by atomic mass is 9.91. The highest BCUT2D eigenvalue weighted by molar-refractivity contribution is 6.01. The molecule has 0 saturated heterocycles. The lowest BCUT2D eigenvalue weighted by molar-refractivity contribution is 0.745. The molecular weight excluding hydrogens is 653 g/mol. The normalized spacial score (nSPS) is 15.6. The average molecular weight is 691 g/mol. The zero-order chi connectivity index (χ0) is 35.8. The summed E-state index contributed by atoms with van der Waals surface area (Å²) in [7, 11) is 0. The predicted molar refractivity (Wildman–Crippen MR) is 228 cm³/mol. The molecule has 2 unspecified atom stereocenters. The molecule has 2 heteroatoms. The summed E-state index contributed by atoms with van der Waals surface area (Å²) in [6.07, 6.45) is 9.04. The fourth-order valence-corrected chi connectivity index (χ4v) is 8.45. The number of fused-ring (bicyclic) bond motifs is 4. The molecule has 2 atom stereocenters. The van der Waals surface area contributed by atoms with Gasteiger partial charge in [-0.25, -0.2) is 0 Å². The van der Waals surface area contributed by atoms with Crippen molar-refractivity contribution in [2.75, 3.05) is 9.80 Å². The van der Waals surface area contributed by atoms with Crippen molar-refractivity contribution in [3.8, 4) is 33.4 Å². The minimum absolute atomic E-state index is 0.272. The van der Waals surface area contributed by atoms with Crippen molar-refractivity contribution >= 4 is 39.2 Å². The topological polar surface area (TPSA) is 6.48 Å². The highest BCUT2D eigenvalue weighted by atomic mass is 15.2. The SMILES string of the molecule is C1=CC2c3ccccc3N(c3cccc(-c4ccc(N(c5ccc(-c6ccccc6)cc5)c5ccccc5-c5cccc6ccccc56)cc4)c3)C2C=C1. The van der Waals surface area contributed by atoms with Gasteiger partial charge in [-0.1, -0.05) is 170 Å². The van der Waals surface area contributed by atoms with Crippen molar-refractivity contribution in [1.82, 2.24) is 0 Å². The van der Waals surface area contributed by atoms with Gasteiger partial charge in [0, 0.05) is 34.2 Å². The van der Waals surface area contributed by atoms with Gasteiger partial charge in [0.2, 0.25) is 0 Å². The van der Waals surface area contributed by atoms with Crippen molar-refractivity contribution in [2.24, 2.45) is 0 Å². The van der Waals surface area contributed by atoms with E-state index in [-0.39, 0.29) is 6.04 Å². The summed E-state index contributed by atoms with van der Waals surface area (Å²) >= 11 is 0. The van der Waals surface area contributed by atoms with E-state index in [4.69, 9.17) is 0 Å². The van der Waals surface area contributed by atoms with E-state index in [9.17, 15) is 0 Å². The van der Waals surface area contributed by atoms with Gasteiger partial charge in [-0.2, -0.15) is 0 Å². The van der Waals surface area contributed by atoms with E-state index in [2.05, 4.69) is 228 Å². The van der Waals surface area contributed by atoms with Crippen molar-refractivity contribution in [2.45, 2.75) is 12.0 Å². The van der Waals surface area contributed by atoms with Gasteiger partial charge in [0.25, 0.3) is 0 Å². The van der Waals surface area contributed by atoms with Crippen molar-refractivity contribution in [3.05, 3.63) is 224 Å². The summed E-state index contributed by atoms with van der Waals surface area (Å²) < 4.78 is 0. The third-order valence-electron chi connectivity index (χ3n) is 11.0. The highest BCUT2D eigenvalue weighted by Gasteiger charge is 2.37. The lowest BCUT2D eigenvalue weighted by Gasteiger charge is -2.29. The Bertz CT molecular complexity index is 2670. The molecule has 0 spiro atoms. The molecule has 2 aliphatic rings. The van der Waals surface area contributed by atoms with Gasteiger partial charge in [0.05, 0.1) is 11.7 Å². The van der Waals surface area contributed by atoms with Gasteiger partial charge in [-0.15, -0.1) is 0 Å². The van der Waals surface area contributed by atoms with Crippen LogP contribution in [0.2, 0.25) is 0 Å². The van der Waals surface area contributed by atoms with Crippen LogP contribution in [0.4, 0.5) is 28.4 Å². The second-order valence-electron chi connectivity index (χ2n) is 14.1. The minimum Gasteiger partial charge on any atom is -0.333 e. The number of anilines is 5. The van der Waals surface area contributed by atoms with Crippen molar-refractivity contribution in [1.29, 1.82) is 0 Å². The Morgan fingerprint density at radius 3 is 1.85 bits per heavy atom. The molecule has 1 heterocycles. The number of hydrogen-bond donors (Lipinski definition) is 0. The Labute approximate surface area is 317 Å². The molecule has 1 aliphatic carbocycles. The van der Waals surface area contributed by atoms with Crippen LogP contribution in [0.5, 0.6) is 0 Å². The molecule has 256 valence electrons.